The molecule has 7 heteroatoms. The molecule has 1 aliphatic heterocycles. The zero-order valence-electron chi connectivity index (χ0n) is 12.8. The second kappa shape index (κ2) is 7.11. The predicted molar refractivity (Wildman–Crippen MR) is 82.5 cm³/mol. The van der Waals surface area contributed by atoms with Crippen molar-refractivity contribution in [1.82, 2.24) is 4.90 Å². The number of amides is 1. The van der Waals surface area contributed by atoms with E-state index in [0.29, 0.717) is 37.6 Å². The van der Waals surface area contributed by atoms with Crippen molar-refractivity contribution in [1.29, 1.82) is 0 Å². The number of morpholine rings is 1. The quantitative estimate of drug-likeness (QED) is 0.802. The third-order valence-electron chi connectivity index (χ3n) is 3.76. The number of hydrogen-bond acceptors (Lipinski definition) is 5. The minimum Gasteiger partial charge on any atom is -0.496 e. The Morgan fingerprint density at radius 3 is 2.59 bits per heavy atom. The van der Waals surface area contributed by atoms with Crippen LogP contribution in [0.3, 0.4) is 0 Å². The van der Waals surface area contributed by atoms with E-state index in [1.165, 1.54) is 14.0 Å². The molecule has 1 atom stereocenters. The van der Waals surface area contributed by atoms with Gasteiger partial charge in [-0.2, -0.15) is 0 Å². The Morgan fingerprint density at radius 2 is 1.95 bits per heavy atom. The molecule has 122 valence electrons. The van der Waals surface area contributed by atoms with Crippen LogP contribution in [0.1, 0.15) is 12.5 Å². The summed E-state index contributed by atoms with van der Waals surface area (Å²) in [6, 6.07) is 6.93. The Bertz CT molecular complexity index is 623. The van der Waals surface area contributed by atoms with Crippen molar-refractivity contribution in [3.63, 3.8) is 0 Å². The van der Waals surface area contributed by atoms with Gasteiger partial charge in [-0.1, -0.05) is 18.2 Å². The minimum atomic E-state index is -3.61. The van der Waals surface area contributed by atoms with Gasteiger partial charge < -0.3 is 14.4 Å². The van der Waals surface area contributed by atoms with Crippen LogP contribution in [-0.4, -0.2) is 57.9 Å². The fourth-order valence-electron chi connectivity index (χ4n) is 2.36. The molecule has 0 radical (unpaired) electrons. The lowest BCUT2D eigenvalue weighted by atomic mass is 10.2. The number of hydrogen-bond donors (Lipinski definition) is 0. The van der Waals surface area contributed by atoms with Crippen LogP contribution in [0.15, 0.2) is 24.3 Å². The second-order valence-electron chi connectivity index (χ2n) is 5.20. The molecule has 0 N–H and O–H groups in total. The number of rotatable bonds is 5. The Morgan fingerprint density at radius 1 is 1.32 bits per heavy atom. The molecule has 0 bridgehead atoms. The van der Waals surface area contributed by atoms with Crippen molar-refractivity contribution in [2.24, 2.45) is 0 Å². The van der Waals surface area contributed by atoms with Crippen LogP contribution < -0.4 is 4.74 Å². The van der Waals surface area contributed by atoms with E-state index in [1.54, 1.807) is 29.2 Å². The maximum Gasteiger partial charge on any atom is 0.240 e. The Kier molecular flexibility index (Phi) is 5.42. The van der Waals surface area contributed by atoms with Crippen molar-refractivity contribution in [2.45, 2.75) is 17.9 Å². The van der Waals surface area contributed by atoms with Gasteiger partial charge in [0, 0.05) is 18.7 Å². The first kappa shape index (κ1) is 16.8. The van der Waals surface area contributed by atoms with Crippen LogP contribution in [0, 0.1) is 0 Å². The maximum atomic E-state index is 12.5. The van der Waals surface area contributed by atoms with E-state index < -0.39 is 15.1 Å². The molecule has 22 heavy (non-hydrogen) atoms. The minimum absolute atomic E-state index is 0.214. The van der Waals surface area contributed by atoms with Gasteiger partial charge in [0.2, 0.25) is 5.91 Å². The largest absolute Gasteiger partial charge is 0.496 e. The number of para-hydroxylation sites is 1. The molecule has 1 aliphatic rings. The molecule has 1 aromatic rings. The highest BCUT2D eigenvalue weighted by atomic mass is 32.2. The van der Waals surface area contributed by atoms with Gasteiger partial charge in [0.15, 0.2) is 9.84 Å². The summed E-state index contributed by atoms with van der Waals surface area (Å²) in [4.78, 5) is 13.9. The molecule has 0 spiro atoms. The highest BCUT2D eigenvalue weighted by Gasteiger charge is 2.32. The van der Waals surface area contributed by atoms with Crippen LogP contribution >= 0.6 is 0 Å². The standard InChI is InChI=1S/C15H21NO5S/c1-12(15(17)16-7-9-21-10-8-16)22(18,19)11-13-5-3-4-6-14(13)20-2/h3-6,12H,7-11H2,1-2H3/t12-/m1/s1. The number of benzene rings is 1. The summed E-state index contributed by atoms with van der Waals surface area (Å²) >= 11 is 0. The summed E-state index contributed by atoms with van der Waals surface area (Å²) < 4.78 is 35.4. The molecule has 0 unspecified atom stereocenters. The topological polar surface area (TPSA) is 72.9 Å². The Labute approximate surface area is 130 Å². The van der Waals surface area contributed by atoms with Gasteiger partial charge in [-0.3, -0.25) is 4.79 Å². The number of sulfone groups is 1. The molecule has 6 nitrogen and oxygen atoms in total. The lowest BCUT2D eigenvalue weighted by molar-refractivity contribution is -0.134. The monoisotopic (exact) mass is 327 g/mol. The van der Waals surface area contributed by atoms with Crippen molar-refractivity contribution in [3.05, 3.63) is 29.8 Å². The number of methoxy groups -OCH3 is 1. The van der Waals surface area contributed by atoms with Gasteiger partial charge in [-0.05, 0) is 13.0 Å². The zero-order valence-corrected chi connectivity index (χ0v) is 13.6. The molecule has 1 fully saturated rings. The number of ether oxygens (including phenoxy) is 2. The second-order valence-corrected chi connectivity index (χ2v) is 7.52. The lowest BCUT2D eigenvalue weighted by Gasteiger charge is -2.29. The first-order valence-corrected chi connectivity index (χ1v) is 8.87. The molecular formula is C15H21NO5S. The van der Waals surface area contributed by atoms with Gasteiger partial charge in [-0.25, -0.2) is 8.42 Å². The highest BCUT2D eigenvalue weighted by molar-refractivity contribution is 7.92. The molecule has 1 aromatic carbocycles. The number of carbonyl (C=O) groups excluding carboxylic acids is 1. The van der Waals surface area contributed by atoms with E-state index >= 15 is 0 Å². The summed E-state index contributed by atoms with van der Waals surface area (Å²) in [5.41, 5.74) is 0.562. The first-order chi connectivity index (χ1) is 10.5. The maximum absolute atomic E-state index is 12.5. The van der Waals surface area contributed by atoms with E-state index in [4.69, 9.17) is 9.47 Å². The summed E-state index contributed by atoms with van der Waals surface area (Å²) in [7, 11) is -2.11. The van der Waals surface area contributed by atoms with Crippen molar-refractivity contribution in [2.75, 3.05) is 33.4 Å². The molecule has 2 rings (SSSR count). The van der Waals surface area contributed by atoms with E-state index in [0.717, 1.165) is 0 Å². The van der Waals surface area contributed by atoms with Crippen LogP contribution in [0.5, 0.6) is 5.75 Å². The number of carbonyl (C=O) groups is 1. The predicted octanol–water partition coefficient (Wildman–Crippen LogP) is 0.857. The summed E-state index contributed by atoms with van der Waals surface area (Å²) in [6.45, 7) is 3.22. The van der Waals surface area contributed by atoms with Crippen LogP contribution in [0.2, 0.25) is 0 Å². The molecule has 1 heterocycles. The molecular weight excluding hydrogens is 306 g/mol. The fourth-order valence-corrected chi connectivity index (χ4v) is 3.74. The van der Waals surface area contributed by atoms with Crippen LogP contribution in [0.4, 0.5) is 0 Å². The third kappa shape index (κ3) is 3.78. The van der Waals surface area contributed by atoms with Crippen LogP contribution in [0.25, 0.3) is 0 Å². The SMILES string of the molecule is COc1ccccc1CS(=O)(=O)[C@H](C)C(=O)N1CCOCC1. The van der Waals surface area contributed by atoms with Gasteiger partial charge >= 0.3 is 0 Å². The third-order valence-corrected chi connectivity index (χ3v) is 5.75. The Hall–Kier alpha value is -1.60. The van der Waals surface area contributed by atoms with Gasteiger partial charge in [0.25, 0.3) is 0 Å². The van der Waals surface area contributed by atoms with E-state index in [9.17, 15) is 13.2 Å². The normalized spacial score (nSPS) is 17.1. The van der Waals surface area contributed by atoms with Gasteiger partial charge in [0.1, 0.15) is 11.0 Å². The molecule has 0 aromatic heterocycles. The highest BCUT2D eigenvalue weighted by Crippen LogP contribution is 2.22. The van der Waals surface area contributed by atoms with Crippen molar-refractivity contribution >= 4 is 15.7 Å². The molecule has 1 amide bonds. The summed E-state index contributed by atoms with van der Waals surface area (Å²) in [6.07, 6.45) is 0. The smallest absolute Gasteiger partial charge is 0.240 e. The zero-order chi connectivity index (χ0) is 16.2. The summed E-state index contributed by atoms with van der Waals surface area (Å²) in [5.74, 6) is -0.0656. The Balaban J connectivity index is 2.13. The average molecular weight is 327 g/mol. The van der Waals surface area contributed by atoms with E-state index in [1.807, 2.05) is 0 Å². The van der Waals surface area contributed by atoms with Crippen molar-refractivity contribution < 1.29 is 22.7 Å². The molecule has 0 saturated carbocycles. The number of nitrogens with zero attached hydrogens (tertiary/aromatic N) is 1. The van der Waals surface area contributed by atoms with Crippen LogP contribution in [-0.2, 0) is 25.1 Å². The molecule has 0 aliphatic carbocycles. The summed E-state index contributed by atoms with van der Waals surface area (Å²) in [5, 5.41) is -1.07. The fraction of sp³-hybridized carbons (Fsp3) is 0.533. The van der Waals surface area contributed by atoms with E-state index in [-0.39, 0.29) is 11.7 Å². The van der Waals surface area contributed by atoms with E-state index in [2.05, 4.69) is 0 Å². The lowest BCUT2D eigenvalue weighted by Crippen LogP contribution is -2.47. The first-order valence-electron chi connectivity index (χ1n) is 7.15. The van der Waals surface area contributed by atoms with Gasteiger partial charge in [-0.15, -0.1) is 0 Å². The van der Waals surface area contributed by atoms with Crippen molar-refractivity contribution in [3.8, 4) is 5.75 Å². The molecule has 1 saturated heterocycles. The van der Waals surface area contributed by atoms with Gasteiger partial charge in [0.05, 0.1) is 26.1 Å². The average Bonchev–Trinajstić information content (AvgIpc) is 2.54.